The number of carbonyl (C=O) groups excluding carboxylic acids is 2. The lowest BCUT2D eigenvalue weighted by Gasteiger charge is -2.24. The number of nitrogens with zero attached hydrogens (tertiary/aromatic N) is 1. The largest absolute Gasteiger partial charge is 0.467 e. The Hall–Kier alpha value is -3.74. The molecule has 0 bridgehead atoms. The van der Waals surface area contributed by atoms with Crippen molar-refractivity contribution in [1.29, 1.82) is 0 Å². The van der Waals surface area contributed by atoms with Crippen LogP contribution in [-0.2, 0) is 17.9 Å². The van der Waals surface area contributed by atoms with Gasteiger partial charge in [-0.05, 0) is 72.3 Å². The predicted octanol–water partition coefficient (Wildman–Crippen LogP) is 7.13. The first-order chi connectivity index (χ1) is 16.9. The topological polar surface area (TPSA) is 74.6 Å². The van der Waals surface area contributed by atoms with Gasteiger partial charge in [0.25, 0.3) is 5.91 Å². The van der Waals surface area contributed by atoms with E-state index < -0.39 is 0 Å². The van der Waals surface area contributed by atoms with Crippen LogP contribution in [0.4, 0.5) is 17.1 Å². The van der Waals surface area contributed by atoms with E-state index in [0.717, 1.165) is 16.9 Å². The number of nitrogens with one attached hydrogen (secondary N) is 2. The van der Waals surface area contributed by atoms with Gasteiger partial charge in [0.1, 0.15) is 5.76 Å². The number of hydrogen-bond acceptors (Lipinski definition) is 4. The molecule has 0 aliphatic heterocycles. The SMILES string of the molecule is CC(=O)Nc1ccc(Nc2ccc(Cl)cc2CN(Cc2ccco2)C(=O)c2ccccc2Cl)cc1. The first-order valence-corrected chi connectivity index (χ1v) is 11.6. The second-order valence-corrected chi connectivity index (χ2v) is 8.75. The molecule has 2 amide bonds. The van der Waals surface area contributed by atoms with Gasteiger partial charge in [-0.15, -0.1) is 0 Å². The smallest absolute Gasteiger partial charge is 0.256 e. The molecule has 0 aliphatic carbocycles. The fourth-order valence-corrected chi connectivity index (χ4v) is 4.02. The minimum Gasteiger partial charge on any atom is -0.467 e. The number of carbonyl (C=O) groups is 2. The van der Waals surface area contributed by atoms with E-state index in [-0.39, 0.29) is 24.9 Å². The van der Waals surface area contributed by atoms with E-state index in [1.54, 1.807) is 47.6 Å². The number of hydrogen-bond donors (Lipinski definition) is 2. The highest BCUT2D eigenvalue weighted by molar-refractivity contribution is 6.33. The molecule has 1 heterocycles. The van der Waals surface area contributed by atoms with E-state index in [1.807, 2.05) is 42.5 Å². The fraction of sp³-hybridized carbons (Fsp3) is 0.111. The van der Waals surface area contributed by atoms with Crippen molar-refractivity contribution in [3.05, 3.63) is 112 Å². The highest BCUT2D eigenvalue weighted by Crippen LogP contribution is 2.28. The Balaban J connectivity index is 1.62. The number of amides is 2. The maximum Gasteiger partial charge on any atom is 0.256 e. The molecule has 0 spiro atoms. The molecular weight excluding hydrogens is 485 g/mol. The van der Waals surface area contributed by atoms with Gasteiger partial charge in [-0.1, -0.05) is 35.3 Å². The van der Waals surface area contributed by atoms with Crippen molar-refractivity contribution >= 4 is 52.1 Å². The molecule has 6 nitrogen and oxygen atoms in total. The van der Waals surface area contributed by atoms with Gasteiger partial charge in [0.05, 0.1) is 23.4 Å². The molecule has 1 aromatic heterocycles. The summed E-state index contributed by atoms with van der Waals surface area (Å²) in [5, 5.41) is 7.05. The summed E-state index contributed by atoms with van der Waals surface area (Å²) < 4.78 is 5.51. The lowest BCUT2D eigenvalue weighted by atomic mass is 10.1. The number of benzene rings is 3. The maximum atomic E-state index is 13.5. The Kier molecular flexibility index (Phi) is 7.75. The molecule has 3 aromatic carbocycles. The van der Waals surface area contributed by atoms with Gasteiger partial charge >= 0.3 is 0 Å². The monoisotopic (exact) mass is 507 g/mol. The summed E-state index contributed by atoms with van der Waals surface area (Å²) in [5.41, 5.74) is 3.53. The Morgan fingerprint density at radius 2 is 1.63 bits per heavy atom. The van der Waals surface area contributed by atoms with E-state index in [9.17, 15) is 9.59 Å². The minimum absolute atomic E-state index is 0.134. The van der Waals surface area contributed by atoms with Gasteiger partial charge in [-0.25, -0.2) is 0 Å². The molecule has 4 rings (SSSR count). The van der Waals surface area contributed by atoms with Gasteiger partial charge in [0.2, 0.25) is 5.91 Å². The van der Waals surface area contributed by atoms with Crippen molar-refractivity contribution in [2.75, 3.05) is 10.6 Å². The van der Waals surface area contributed by atoms with Crippen molar-refractivity contribution < 1.29 is 14.0 Å². The molecule has 178 valence electrons. The third-order valence-electron chi connectivity index (χ3n) is 5.23. The number of anilines is 3. The van der Waals surface area contributed by atoms with E-state index >= 15 is 0 Å². The summed E-state index contributed by atoms with van der Waals surface area (Å²) in [6.45, 7) is 1.98. The van der Waals surface area contributed by atoms with Crippen molar-refractivity contribution in [3.8, 4) is 0 Å². The number of rotatable bonds is 8. The van der Waals surface area contributed by atoms with Crippen LogP contribution in [0.25, 0.3) is 0 Å². The lowest BCUT2D eigenvalue weighted by Crippen LogP contribution is -2.30. The fourth-order valence-electron chi connectivity index (χ4n) is 3.61. The Morgan fingerprint density at radius 3 is 2.31 bits per heavy atom. The molecule has 4 aromatic rings. The van der Waals surface area contributed by atoms with E-state index in [2.05, 4.69) is 10.6 Å². The van der Waals surface area contributed by atoms with E-state index in [4.69, 9.17) is 27.6 Å². The molecular formula is C27H23Cl2N3O3. The van der Waals surface area contributed by atoms with Gasteiger partial charge in [-0.2, -0.15) is 0 Å². The summed E-state index contributed by atoms with van der Waals surface area (Å²) in [6.07, 6.45) is 1.57. The van der Waals surface area contributed by atoms with Crippen LogP contribution in [0.5, 0.6) is 0 Å². The summed E-state index contributed by atoms with van der Waals surface area (Å²) in [6, 6.07) is 23.4. The van der Waals surface area contributed by atoms with Crippen molar-refractivity contribution in [3.63, 3.8) is 0 Å². The van der Waals surface area contributed by atoms with Gasteiger partial charge in [0.15, 0.2) is 0 Å². The predicted molar refractivity (Wildman–Crippen MR) is 139 cm³/mol. The maximum absolute atomic E-state index is 13.5. The molecule has 0 saturated heterocycles. The average Bonchev–Trinajstić information content (AvgIpc) is 3.34. The van der Waals surface area contributed by atoms with Gasteiger partial charge in [0, 0.05) is 35.6 Å². The van der Waals surface area contributed by atoms with Crippen LogP contribution in [-0.4, -0.2) is 16.7 Å². The molecule has 0 radical (unpaired) electrons. The van der Waals surface area contributed by atoms with Crippen molar-refractivity contribution in [2.45, 2.75) is 20.0 Å². The molecule has 0 fully saturated rings. The van der Waals surface area contributed by atoms with Crippen LogP contribution >= 0.6 is 23.2 Å². The summed E-state index contributed by atoms with van der Waals surface area (Å²) in [5.74, 6) is 0.290. The zero-order valence-electron chi connectivity index (χ0n) is 18.9. The van der Waals surface area contributed by atoms with Crippen LogP contribution < -0.4 is 10.6 Å². The highest BCUT2D eigenvalue weighted by atomic mass is 35.5. The molecule has 0 saturated carbocycles. The Labute approximate surface area is 213 Å². The van der Waals surface area contributed by atoms with Gasteiger partial charge < -0.3 is 20.0 Å². The number of furan rings is 1. The minimum atomic E-state index is -0.224. The van der Waals surface area contributed by atoms with Crippen LogP contribution in [0.1, 0.15) is 28.6 Å². The zero-order valence-corrected chi connectivity index (χ0v) is 20.4. The van der Waals surface area contributed by atoms with Gasteiger partial charge in [-0.3, -0.25) is 9.59 Å². The van der Waals surface area contributed by atoms with Crippen molar-refractivity contribution in [2.24, 2.45) is 0 Å². The lowest BCUT2D eigenvalue weighted by molar-refractivity contribution is -0.114. The van der Waals surface area contributed by atoms with E-state index in [0.29, 0.717) is 27.1 Å². The highest BCUT2D eigenvalue weighted by Gasteiger charge is 2.21. The second kappa shape index (κ2) is 11.1. The molecule has 0 atom stereocenters. The van der Waals surface area contributed by atoms with Crippen LogP contribution in [0.15, 0.2) is 89.5 Å². The summed E-state index contributed by atoms with van der Waals surface area (Å²) in [4.78, 5) is 26.4. The second-order valence-electron chi connectivity index (χ2n) is 7.91. The van der Waals surface area contributed by atoms with Crippen LogP contribution in [0.2, 0.25) is 10.0 Å². The normalized spacial score (nSPS) is 10.6. The van der Waals surface area contributed by atoms with Crippen LogP contribution in [0, 0.1) is 0 Å². The van der Waals surface area contributed by atoms with E-state index in [1.165, 1.54) is 6.92 Å². The van der Waals surface area contributed by atoms with Crippen LogP contribution in [0.3, 0.4) is 0 Å². The molecule has 0 aliphatic rings. The summed E-state index contributed by atoms with van der Waals surface area (Å²) >= 11 is 12.7. The molecule has 2 N–H and O–H groups in total. The standard InChI is InChI=1S/C27H23Cl2N3O3/c1-18(33)30-21-9-11-22(12-10-21)31-26-13-8-20(28)15-19(26)16-32(17-23-5-4-14-35-23)27(34)24-6-2-3-7-25(24)29/h2-15,31H,16-17H2,1H3,(H,30,33). The first kappa shape index (κ1) is 24.4. The van der Waals surface area contributed by atoms with Crippen molar-refractivity contribution in [1.82, 2.24) is 4.90 Å². The first-order valence-electron chi connectivity index (χ1n) is 10.9. The summed E-state index contributed by atoms with van der Waals surface area (Å²) in [7, 11) is 0. The molecule has 0 unspecified atom stereocenters. The number of halogens is 2. The third-order valence-corrected chi connectivity index (χ3v) is 5.80. The molecule has 8 heteroatoms. The quantitative estimate of drug-likeness (QED) is 0.266. The Bertz CT molecular complexity index is 1320. The third kappa shape index (κ3) is 6.44. The Morgan fingerprint density at radius 1 is 0.886 bits per heavy atom. The average molecular weight is 508 g/mol. The zero-order chi connectivity index (χ0) is 24.8. The molecule has 35 heavy (non-hydrogen) atoms.